The largest absolute Gasteiger partial charge is 0.302 e. The average molecular weight is 238 g/mol. The quantitative estimate of drug-likeness (QED) is 0.886. The van der Waals surface area contributed by atoms with Crippen LogP contribution in [-0.4, -0.2) is 4.98 Å². The molecule has 2 nitrogen and oxygen atoms in total. The van der Waals surface area contributed by atoms with Gasteiger partial charge < -0.3 is 5.32 Å². The van der Waals surface area contributed by atoms with Crippen LogP contribution in [0.15, 0.2) is 48.7 Å². The Morgan fingerprint density at radius 2 is 2.00 bits per heavy atom. The molecule has 0 saturated carbocycles. The van der Waals surface area contributed by atoms with E-state index in [4.69, 9.17) is 0 Å². The summed E-state index contributed by atoms with van der Waals surface area (Å²) in [5.41, 5.74) is 3.97. The third kappa shape index (κ3) is 2.16. The highest BCUT2D eigenvalue weighted by Gasteiger charge is 2.24. The molecule has 0 spiro atoms. The van der Waals surface area contributed by atoms with Crippen LogP contribution in [-0.2, 0) is 6.42 Å². The van der Waals surface area contributed by atoms with E-state index in [0.717, 1.165) is 12.8 Å². The van der Waals surface area contributed by atoms with Gasteiger partial charge in [0, 0.05) is 12.2 Å². The van der Waals surface area contributed by atoms with Crippen molar-refractivity contribution >= 4 is 0 Å². The maximum atomic E-state index is 4.52. The molecule has 1 aliphatic rings. The number of fused-ring (bicyclic) bond motifs is 1. The SMILES string of the molecule is CC(NC1CCc2cccnc21)c1ccccc1. The average Bonchev–Trinajstić information content (AvgIpc) is 2.83. The van der Waals surface area contributed by atoms with Crippen molar-refractivity contribution < 1.29 is 0 Å². The molecule has 0 bridgehead atoms. The fraction of sp³-hybridized carbons (Fsp3) is 0.312. The molecule has 18 heavy (non-hydrogen) atoms. The van der Waals surface area contributed by atoms with Gasteiger partial charge in [-0.1, -0.05) is 36.4 Å². The Hall–Kier alpha value is -1.67. The van der Waals surface area contributed by atoms with Crippen molar-refractivity contribution in [2.24, 2.45) is 0 Å². The predicted octanol–water partition coefficient (Wildman–Crippen LogP) is 3.42. The standard InChI is InChI=1S/C16H18N2/c1-12(13-6-3-2-4-7-13)18-15-10-9-14-8-5-11-17-16(14)15/h2-8,11-12,15,18H,9-10H2,1H3. The van der Waals surface area contributed by atoms with Crippen LogP contribution in [0.2, 0.25) is 0 Å². The van der Waals surface area contributed by atoms with E-state index in [0.29, 0.717) is 12.1 Å². The van der Waals surface area contributed by atoms with Gasteiger partial charge in [0.25, 0.3) is 0 Å². The molecule has 1 heterocycles. The zero-order valence-corrected chi connectivity index (χ0v) is 10.6. The van der Waals surface area contributed by atoms with Crippen LogP contribution in [0.5, 0.6) is 0 Å². The van der Waals surface area contributed by atoms with E-state index < -0.39 is 0 Å². The van der Waals surface area contributed by atoms with Crippen molar-refractivity contribution in [3.05, 3.63) is 65.5 Å². The molecule has 2 unspecified atom stereocenters. The van der Waals surface area contributed by atoms with Gasteiger partial charge in [-0.3, -0.25) is 4.98 Å². The molecule has 1 aromatic carbocycles. The second-order valence-corrected chi connectivity index (χ2v) is 4.94. The molecule has 2 aromatic rings. The van der Waals surface area contributed by atoms with E-state index in [-0.39, 0.29) is 0 Å². The summed E-state index contributed by atoms with van der Waals surface area (Å²) >= 11 is 0. The zero-order valence-electron chi connectivity index (χ0n) is 10.6. The zero-order chi connectivity index (χ0) is 12.4. The summed E-state index contributed by atoms with van der Waals surface area (Å²) in [7, 11) is 0. The molecule has 2 heteroatoms. The monoisotopic (exact) mass is 238 g/mol. The van der Waals surface area contributed by atoms with E-state index in [1.54, 1.807) is 0 Å². The van der Waals surface area contributed by atoms with E-state index in [2.05, 4.69) is 53.6 Å². The van der Waals surface area contributed by atoms with E-state index in [9.17, 15) is 0 Å². The number of hydrogen-bond donors (Lipinski definition) is 1. The summed E-state index contributed by atoms with van der Waals surface area (Å²) in [6, 6.07) is 15.6. The highest BCUT2D eigenvalue weighted by Crippen LogP contribution is 2.31. The molecule has 3 rings (SSSR count). The summed E-state index contributed by atoms with van der Waals surface area (Å²) in [5.74, 6) is 0. The van der Waals surface area contributed by atoms with Gasteiger partial charge >= 0.3 is 0 Å². The van der Waals surface area contributed by atoms with Crippen molar-refractivity contribution in [3.8, 4) is 0 Å². The van der Waals surface area contributed by atoms with Crippen LogP contribution >= 0.6 is 0 Å². The molecule has 1 aromatic heterocycles. The molecule has 1 N–H and O–H groups in total. The summed E-state index contributed by atoms with van der Waals surface area (Å²) in [5, 5.41) is 3.69. The third-order valence-electron chi connectivity index (χ3n) is 3.71. The minimum atomic E-state index is 0.365. The van der Waals surface area contributed by atoms with Crippen molar-refractivity contribution in [1.29, 1.82) is 0 Å². The van der Waals surface area contributed by atoms with E-state index in [1.807, 2.05) is 12.3 Å². The number of aryl methyl sites for hydroxylation is 1. The van der Waals surface area contributed by atoms with Gasteiger partial charge in [-0.05, 0) is 37.0 Å². The first-order valence-electron chi connectivity index (χ1n) is 6.59. The minimum Gasteiger partial charge on any atom is -0.302 e. The Balaban J connectivity index is 1.75. The molecule has 0 fully saturated rings. The van der Waals surface area contributed by atoms with Gasteiger partial charge in [0.1, 0.15) is 0 Å². The summed E-state index contributed by atoms with van der Waals surface area (Å²) in [6.07, 6.45) is 4.19. The first kappa shape index (κ1) is 11.4. The van der Waals surface area contributed by atoms with Crippen LogP contribution in [0.4, 0.5) is 0 Å². The molecule has 0 radical (unpaired) electrons. The van der Waals surface area contributed by atoms with Gasteiger partial charge in [0.05, 0.1) is 11.7 Å². The summed E-state index contributed by atoms with van der Waals surface area (Å²) in [6.45, 7) is 2.22. The lowest BCUT2D eigenvalue weighted by molar-refractivity contribution is 0.458. The Morgan fingerprint density at radius 3 is 2.83 bits per heavy atom. The molecule has 0 saturated heterocycles. The topological polar surface area (TPSA) is 24.9 Å². The van der Waals surface area contributed by atoms with E-state index >= 15 is 0 Å². The number of aromatic nitrogens is 1. The smallest absolute Gasteiger partial charge is 0.0605 e. The maximum absolute atomic E-state index is 4.52. The van der Waals surface area contributed by atoms with Gasteiger partial charge in [-0.15, -0.1) is 0 Å². The van der Waals surface area contributed by atoms with Gasteiger partial charge in [0.2, 0.25) is 0 Å². The Kier molecular flexibility index (Phi) is 3.11. The third-order valence-corrected chi connectivity index (χ3v) is 3.71. The Bertz CT molecular complexity index is 522. The fourth-order valence-electron chi connectivity index (χ4n) is 2.71. The molecular weight excluding hydrogens is 220 g/mol. The van der Waals surface area contributed by atoms with Gasteiger partial charge in [0.15, 0.2) is 0 Å². The fourth-order valence-corrected chi connectivity index (χ4v) is 2.71. The van der Waals surface area contributed by atoms with Gasteiger partial charge in [-0.2, -0.15) is 0 Å². The lowest BCUT2D eigenvalue weighted by Gasteiger charge is -2.20. The van der Waals surface area contributed by atoms with Crippen LogP contribution in [0.25, 0.3) is 0 Å². The number of benzene rings is 1. The number of pyridine rings is 1. The van der Waals surface area contributed by atoms with Crippen LogP contribution < -0.4 is 5.32 Å². The normalized spacial score (nSPS) is 19.5. The molecule has 1 aliphatic carbocycles. The lowest BCUT2D eigenvalue weighted by atomic mass is 10.1. The second-order valence-electron chi connectivity index (χ2n) is 4.94. The van der Waals surface area contributed by atoms with Crippen LogP contribution in [0, 0.1) is 0 Å². The molecule has 92 valence electrons. The molecule has 0 aliphatic heterocycles. The highest BCUT2D eigenvalue weighted by molar-refractivity contribution is 5.28. The molecule has 2 atom stereocenters. The number of nitrogens with one attached hydrogen (secondary N) is 1. The van der Waals surface area contributed by atoms with Crippen molar-refractivity contribution in [3.63, 3.8) is 0 Å². The van der Waals surface area contributed by atoms with E-state index in [1.165, 1.54) is 16.8 Å². The first-order chi connectivity index (χ1) is 8.84. The Labute approximate surface area is 108 Å². The van der Waals surface area contributed by atoms with Gasteiger partial charge in [-0.25, -0.2) is 0 Å². The van der Waals surface area contributed by atoms with Crippen LogP contribution in [0.1, 0.15) is 42.2 Å². The first-order valence-corrected chi connectivity index (χ1v) is 6.59. The highest BCUT2D eigenvalue weighted by atomic mass is 15.0. The summed E-state index contributed by atoms with van der Waals surface area (Å²) < 4.78 is 0. The second kappa shape index (κ2) is 4.91. The molecular formula is C16H18N2. The van der Waals surface area contributed by atoms with Crippen molar-refractivity contribution in [2.75, 3.05) is 0 Å². The van der Waals surface area contributed by atoms with Crippen LogP contribution in [0.3, 0.4) is 0 Å². The number of rotatable bonds is 3. The van der Waals surface area contributed by atoms with Crippen molar-refractivity contribution in [1.82, 2.24) is 10.3 Å². The minimum absolute atomic E-state index is 0.365. The summed E-state index contributed by atoms with van der Waals surface area (Å²) in [4.78, 5) is 4.52. The maximum Gasteiger partial charge on any atom is 0.0605 e. The number of nitrogens with zero attached hydrogens (tertiary/aromatic N) is 1. The molecule has 0 amide bonds. The van der Waals surface area contributed by atoms with Crippen molar-refractivity contribution in [2.45, 2.75) is 31.8 Å². The predicted molar refractivity (Wildman–Crippen MR) is 73.3 cm³/mol. The number of hydrogen-bond acceptors (Lipinski definition) is 2. The Morgan fingerprint density at radius 1 is 1.17 bits per heavy atom. The lowest BCUT2D eigenvalue weighted by Crippen LogP contribution is -2.23.